The first-order valence-corrected chi connectivity index (χ1v) is 13.4. The van der Waals surface area contributed by atoms with Crippen LogP contribution in [0.3, 0.4) is 0 Å². The molecule has 0 unspecified atom stereocenters. The SMILES string of the molecule is CNC=O.CNc1ccc(-c2sc3cc(O)ccc3c2Cc2ccc(CN3CCCC3)c(OC)c2)cc1. The molecule has 1 fully saturated rings. The van der Waals surface area contributed by atoms with E-state index in [-0.39, 0.29) is 0 Å². The number of hydrogen-bond acceptors (Lipinski definition) is 6. The van der Waals surface area contributed by atoms with Gasteiger partial charge in [-0.3, -0.25) is 9.69 Å². The summed E-state index contributed by atoms with van der Waals surface area (Å²) in [6, 6.07) is 20.9. The fraction of sp³-hybridized carbons (Fsp3) is 0.300. The summed E-state index contributed by atoms with van der Waals surface area (Å²) in [4.78, 5) is 12.8. The van der Waals surface area contributed by atoms with Gasteiger partial charge in [-0.05, 0) is 90.8 Å². The summed E-state index contributed by atoms with van der Waals surface area (Å²) in [7, 11) is 5.26. The highest BCUT2D eigenvalue weighted by Crippen LogP contribution is 2.41. The van der Waals surface area contributed by atoms with Crippen molar-refractivity contribution in [3.05, 3.63) is 77.4 Å². The van der Waals surface area contributed by atoms with E-state index in [0.29, 0.717) is 12.2 Å². The zero-order valence-corrected chi connectivity index (χ0v) is 22.5. The van der Waals surface area contributed by atoms with Crippen molar-refractivity contribution >= 4 is 33.5 Å². The molecule has 0 bridgehead atoms. The fourth-order valence-corrected chi connectivity index (χ4v) is 6.01. The van der Waals surface area contributed by atoms with E-state index in [2.05, 4.69) is 58.0 Å². The van der Waals surface area contributed by atoms with Gasteiger partial charge in [-0.2, -0.15) is 0 Å². The van der Waals surface area contributed by atoms with Crippen LogP contribution < -0.4 is 15.4 Å². The summed E-state index contributed by atoms with van der Waals surface area (Å²) in [6.07, 6.45) is 4.02. The molecule has 6 nitrogen and oxygen atoms in total. The monoisotopic (exact) mass is 517 g/mol. The molecule has 1 aliphatic heterocycles. The smallest absolute Gasteiger partial charge is 0.206 e. The van der Waals surface area contributed by atoms with E-state index < -0.39 is 0 Å². The topological polar surface area (TPSA) is 73.8 Å². The van der Waals surface area contributed by atoms with Crippen LogP contribution in [-0.2, 0) is 17.8 Å². The molecule has 1 aromatic heterocycles. The van der Waals surface area contributed by atoms with Crippen LogP contribution in [0.15, 0.2) is 60.7 Å². The average molecular weight is 518 g/mol. The van der Waals surface area contributed by atoms with E-state index >= 15 is 0 Å². The molecule has 2 heterocycles. The zero-order chi connectivity index (χ0) is 26.2. The number of phenolic OH excluding ortho intramolecular Hbond substituents is 1. The number of phenols is 1. The van der Waals surface area contributed by atoms with Gasteiger partial charge in [0.05, 0.1) is 7.11 Å². The Morgan fingerprint density at radius 3 is 2.41 bits per heavy atom. The molecule has 1 saturated heterocycles. The van der Waals surface area contributed by atoms with Crippen molar-refractivity contribution in [1.29, 1.82) is 0 Å². The van der Waals surface area contributed by atoms with E-state index in [9.17, 15) is 5.11 Å². The van der Waals surface area contributed by atoms with Gasteiger partial charge >= 0.3 is 0 Å². The Morgan fingerprint density at radius 1 is 1.03 bits per heavy atom. The lowest BCUT2D eigenvalue weighted by atomic mass is 9.97. The molecule has 194 valence electrons. The van der Waals surface area contributed by atoms with Crippen LogP contribution >= 0.6 is 11.3 Å². The van der Waals surface area contributed by atoms with Crippen molar-refractivity contribution in [3.63, 3.8) is 0 Å². The van der Waals surface area contributed by atoms with Gasteiger partial charge in [0.15, 0.2) is 0 Å². The number of nitrogens with zero attached hydrogens (tertiary/aromatic N) is 1. The van der Waals surface area contributed by atoms with Crippen molar-refractivity contribution in [2.45, 2.75) is 25.8 Å². The number of rotatable bonds is 8. The van der Waals surface area contributed by atoms with Gasteiger partial charge < -0.3 is 20.5 Å². The summed E-state index contributed by atoms with van der Waals surface area (Å²) in [5.74, 6) is 1.27. The quantitative estimate of drug-likeness (QED) is 0.255. The third-order valence-corrected chi connectivity index (χ3v) is 7.90. The van der Waals surface area contributed by atoms with Crippen molar-refractivity contribution in [2.24, 2.45) is 0 Å². The highest BCUT2D eigenvalue weighted by Gasteiger charge is 2.18. The second-order valence-electron chi connectivity index (χ2n) is 9.13. The third-order valence-electron chi connectivity index (χ3n) is 6.66. The molecule has 7 heteroatoms. The summed E-state index contributed by atoms with van der Waals surface area (Å²) < 4.78 is 6.90. The van der Waals surface area contributed by atoms with Crippen LogP contribution in [0.25, 0.3) is 20.5 Å². The number of fused-ring (bicyclic) bond motifs is 1. The van der Waals surface area contributed by atoms with Crippen molar-refractivity contribution in [2.75, 3.05) is 39.6 Å². The first kappa shape index (κ1) is 26.5. The number of benzene rings is 3. The molecule has 0 saturated carbocycles. The lowest BCUT2D eigenvalue weighted by Gasteiger charge is -2.18. The minimum absolute atomic E-state index is 0.306. The molecule has 4 aromatic rings. The molecule has 5 rings (SSSR count). The number of anilines is 1. The normalized spacial score (nSPS) is 13.2. The fourth-order valence-electron chi connectivity index (χ4n) is 4.75. The first-order valence-electron chi connectivity index (χ1n) is 12.6. The molecule has 0 atom stereocenters. The molecule has 0 radical (unpaired) electrons. The van der Waals surface area contributed by atoms with Crippen LogP contribution in [0.2, 0.25) is 0 Å². The van der Waals surface area contributed by atoms with Gasteiger partial charge in [-0.15, -0.1) is 11.3 Å². The lowest BCUT2D eigenvalue weighted by Crippen LogP contribution is -2.18. The average Bonchev–Trinajstić information content (AvgIpc) is 3.57. The third kappa shape index (κ3) is 6.42. The Balaban J connectivity index is 0.000000747. The number of aromatic hydroxyl groups is 1. The van der Waals surface area contributed by atoms with Crippen molar-refractivity contribution < 1.29 is 14.6 Å². The number of carbonyl (C=O) groups excluding carboxylic acids is 1. The number of hydrogen-bond donors (Lipinski definition) is 3. The lowest BCUT2D eigenvalue weighted by molar-refractivity contribution is -0.109. The highest BCUT2D eigenvalue weighted by atomic mass is 32.1. The molecule has 1 amide bonds. The maximum atomic E-state index is 10.1. The van der Waals surface area contributed by atoms with Gasteiger partial charge in [-0.1, -0.05) is 24.3 Å². The maximum Gasteiger partial charge on any atom is 0.206 e. The largest absolute Gasteiger partial charge is 0.508 e. The molecule has 37 heavy (non-hydrogen) atoms. The Kier molecular flexibility index (Phi) is 9.04. The van der Waals surface area contributed by atoms with Gasteiger partial charge in [0.1, 0.15) is 11.5 Å². The number of thiophene rings is 1. The van der Waals surface area contributed by atoms with E-state index in [0.717, 1.165) is 29.1 Å². The Hall–Kier alpha value is -3.55. The van der Waals surface area contributed by atoms with Crippen LogP contribution in [0.4, 0.5) is 5.69 Å². The highest BCUT2D eigenvalue weighted by molar-refractivity contribution is 7.22. The van der Waals surface area contributed by atoms with Crippen molar-refractivity contribution in [3.8, 4) is 21.9 Å². The van der Waals surface area contributed by atoms with Crippen LogP contribution in [0, 0.1) is 0 Å². The van der Waals surface area contributed by atoms with Gasteiger partial charge in [0, 0.05) is 41.5 Å². The predicted octanol–water partition coefficient (Wildman–Crippen LogP) is 5.87. The molecule has 1 aliphatic rings. The predicted molar refractivity (Wildman–Crippen MR) is 154 cm³/mol. The Morgan fingerprint density at radius 2 is 1.76 bits per heavy atom. The molecule has 0 aliphatic carbocycles. The van der Waals surface area contributed by atoms with E-state index in [1.165, 1.54) is 58.4 Å². The Bertz CT molecular complexity index is 1330. The second-order valence-corrected chi connectivity index (χ2v) is 10.2. The number of likely N-dealkylation sites (tertiary alicyclic amines) is 1. The van der Waals surface area contributed by atoms with E-state index in [1.807, 2.05) is 19.2 Å². The molecule has 0 spiro atoms. The number of amides is 1. The standard InChI is InChI=1S/C28H30N2O2S.C2H5NO/c1-29-22-9-7-20(8-10-22)28-25(24-12-11-23(31)17-27(24)33-28)15-19-5-6-21(26(16-19)32-2)18-30-13-3-4-14-30;1-3-2-4/h5-12,16-17,29,31H,3-4,13-15,18H2,1-2H3;2H,1H3,(H,3,4). The summed E-state index contributed by atoms with van der Waals surface area (Å²) in [5, 5.41) is 16.7. The minimum Gasteiger partial charge on any atom is -0.508 e. The van der Waals surface area contributed by atoms with E-state index in [4.69, 9.17) is 9.53 Å². The summed E-state index contributed by atoms with van der Waals surface area (Å²) >= 11 is 1.74. The molecule has 3 aromatic carbocycles. The van der Waals surface area contributed by atoms with Gasteiger partial charge in [-0.25, -0.2) is 0 Å². The first-order chi connectivity index (χ1) is 18.1. The van der Waals surface area contributed by atoms with Gasteiger partial charge in [0.2, 0.25) is 6.41 Å². The van der Waals surface area contributed by atoms with Crippen LogP contribution in [0.5, 0.6) is 11.5 Å². The maximum absolute atomic E-state index is 10.1. The number of carbonyl (C=O) groups is 1. The van der Waals surface area contributed by atoms with Crippen LogP contribution in [0.1, 0.15) is 29.5 Å². The molecular formula is C30H35N3O3S. The summed E-state index contributed by atoms with van der Waals surface area (Å²) in [6.45, 7) is 3.30. The van der Waals surface area contributed by atoms with Crippen molar-refractivity contribution in [1.82, 2.24) is 10.2 Å². The molecular weight excluding hydrogens is 482 g/mol. The molecule has 3 N–H and O–H groups in total. The summed E-state index contributed by atoms with van der Waals surface area (Å²) in [5.41, 5.74) is 6.07. The van der Waals surface area contributed by atoms with Gasteiger partial charge in [0.25, 0.3) is 0 Å². The minimum atomic E-state index is 0.306. The number of methoxy groups -OCH3 is 1. The number of ether oxygens (including phenoxy) is 1. The second kappa shape index (κ2) is 12.6. The van der Waals surface area contributed by atoms with Crippen LogP contribution in [-0.4, -0.2) is 50.7 Å². The zero-order valence-electron chi connectivity index (χ0n) is 21.7. The number of nitrogens with one attached hydrogen (secondary N) is 2. The Labute approximate surface area is 222 Å². The van der Waals surface area contributed by atoms with E-state index in [1.54, 1.807) is 31.6 Å².